The number of alkyl halides is 4. The third-order valence-corrected chi connectivity index (χ3v) is 6.52. The van der Waals surface area contributed by atoms with Crippen LogP contribution in [0.3, 0.4) is 0 Å². The molecule has 0 unspecified atom stereocenters. The highest BCUT2D eigenvalue weighted by atomic mass is 32.2. The number of thioether (sulfide) groups is 1. The molecule has 3 aliphatic carbocycles. The SMILES string of the molecule is FC1(F)S[C@H]2[C@@H]([C@@H]3C[C@H]2C2=CCC[C@@H]23)C1(F)F. The fourth-order valence-electron chi connectivity index (χ4n) is 4.52. The zero-order valence-electron chi connectivity index (χ0n) is 9.01. The van der Waals surface area contributed by atoms with E-state index in [2.05, 4.69) is 6.08 Å². The van der Waals surface area contributed by atoms with Crippen molar-refractivity contribution in [3.05, 3.63) is 11.6 Å². The van der Waals surface area contributed by atoms with Crippen LogP contribution in [0.25, 0.3) is 0 Å². The average Bonchev–Trinajstić information content (AvgIpc) is 2.85. The molecular weight excluding hydrogens is 252 g/mol. The summed E-state index contributed by atoms with van der Waals surface area (Å²) in [6, 6.07) is 0. The first-order valence-electron chi connectivity index (χ1n) is 6.07. The van der Waals surface area contributed by atoms with Gasteiger partial charge in [0.25, 0.3) is 0 Å². The number of allylic oxidation sites excluding steroid dienone is 2. The molecule has 1 heterocycles. The van der Waals surface area contributed by atoms with E-state index < -0.39 is 22.3 Å². The molecule has 4 aliphatic rings. The van der Waals surface area contributed by atoms with Gasteiger partial charge in [-0.05, 0) is 37.0 Å². The van der Waals surface area contributed by atoms with Crippen molar-refractivity contribution in [2.45, 2.75) is 35.7 Å². The van der Waals surface area contributed by atoms with E-state index in [-0.39, 0.29) is 29.5 Å². The molecule has 1 aliphatic heterocycles. The lowest BCUT2D eigenvalue weighted by Gasteiger charge is -2.33. The Morgan fingerprint density at radius 2 is 1.94 bits per heavy atom. The largest absolute Gasteiger partial charge is 0.356 e. The molecule has 0 spiro atoms. The summed E-state index contributed by atoms with van der Waals surface area (Å²) in [6.07, 6.45) is 4.66. The number of rotatable bonds is 0. The highest BCUT2D eigenvalue weighted by Gasteiger charge is 2.77. The van der Waals surface area contributed by atoms with Gasteiger partial charge in [0.1, 0.15) is 0 Å². The summed E-state index contributed by atoms with van der Waals surface area (Å²) in [5, 5.41) is -4.41. The predicted octanol–water partition coefficient (Wildman–Crippen LogP) is 3.93. The van der Waals surface area contributed by atoms with Crippen LogP contribution in [0.15, 0.2) is 11.6 Å². The van der Waals surface area contributed by atoms with Gasteiger partial charge >= 0.3 is 11.2 Å². The van der Waals surface area contributed by atoms with Gasteiger partial charge in [-0.3, -0.25) is 0 Å². The molecule has 0 aromatic heterocycles. The van der Waals surface area contributed by atoms with Gasteiger partial charge in [0.15, 0.2) is 0 Å². The third kappa shape index (κ3) is 1.04. The van der Waals surface area contributed by atoms with Crippen LogP contribution >= 0.6 is 11.8 Å². The topological polar surface area (TPSA) is 0 Å². The first kappa shape index (κ1) is 10.7. The molecule has 3 fully saturated rings. The average molecular weight is 264 g/mol. The van der Waals surface area contributed by atoms with Crippen molar-refractivity contribution in [1.29, 1.82) is 0 Å². The van der Waals surface area contributed by atoms with Crippen LogP contribution < -0.4 is 0 Å². The molecule has 4 rings (SSSR count). The maximum absolute atomic E-state index is 13.8. The van der Waals surface area contributed by atoms with E-state index in [0.717, 1.165) is 12.8 Å². The lowest BCUT2D eigenvalue weighted by Crippen LogP contribution is -2.43. The minimum absolute atomic E-state index is 0.00162. The van der Waals surface area contributed by atoms with Gasteiger partial charge in [-0.15, -0.1) is 0 Å². The van der Waals surface area contributed by atoms with Gasteiger partial charge in [-0.25, -0.2) is 0 Å². The predicted molar refractivity (Wildman–Crippen MR) is 57.2 cm³/mol. The molecule has 2 saturated carbocycles. The second kappa shape index (κ2) is 2.86. The molecule has 17 heavy (non-hydrogen) atoms. The van der Waals surface area contributed by atoms with Crippen LogP contribution in [0.5, 0.6) is 0 Å². The summed E-state index contributed by atoms with van der Waals surface area (Å²) < 4.78 is 54.4. The minimum Gasteiger partial charge on any atom is -0.198 e. The van der Waals surface area contributed by atoms with Gasteiger partial charge < -0.3 is 0 Å². The molecule has 0 aromatic rings. The fraction of sp³-hybridized carbons (Fsp3) is 0.833. The molecule has 5 atom stereocenters. The molecule has 5 heteroatoms. The van der Waals surface area contributed by atoms with Crippen LogP contribution in [-0.2, 0) is 0 Å². The van der Waals surface area contributed by atoms with E-state index in [0.29, 0.717) is 6.42 Å². The van der Waals surface area contributed by atoms with E-state index in [1.54, 1.807) is 0 Å². The highest BCUT2D eigenvalue weighted by molar-refractivity contribution is 8.01. The van der Waals surface area contributed by atoms with Crippen LogP contribution in [0, 0.1) is 23.7 Å². The Hall–Kier alpha value is -0.190. The van der Waals surface area contributed by atoms with Crippen molar-refractivity contribution in [1.82, 2.24) is 0 Å². The van der Waals surface area contributed by atoms with Gasteiger partial charge in [0.05, 0.1) is 0 Å². The Labute approximate surface area is 101 Å². The van der Waals surface area contributed by atoms with Crippen molar-refractivity contribution in [3.63, 3.8) is 0 Å². The van der Waals surface area contributed by atoms with Crippen molar-refractivity contribution < 1.29 is 17.6 Å². The van der Waals surface area contributed by atoms with Gasteiger partial charge in [-0.2, -0.15) is 17.6 Å². The molecule has 2 bridgehead atoms. The van der Waals surface area contributed by atoms with Crippen molar-refractivity contribution >= 4 is 11.8 Å². The van der Waals surface area contributed by atoms with Crippen LogP contribution in [-0.4, -0.2) is 16.4 Å². The Morgan fingerprint density at radius 3 is 2.71 bits per heavy atom. The first-order valence-corrected chi connectivity index (χ1v) is 6.95. The quantitative estimate of drug-likeness (QED) is 0.472. The van der Waals surface area contributed by atoms with Crippen molar-refractivity contribution in [2.24, 2.45) is 23.7 Å². The molecule has 1 saturated heterocycles. The molecule has 0 N–H and O–H groups in total. The minimum atomic E-state index is -3.86. The molecule has 0 amide bonds. The van der Waals surface area contributed by atoms with Gasteiger partial charge in [0.2, 0.25) is 0 Å². The Bertz CT molecular complexity index is 417. The van der Waals surface area contributed by atoms with Gasteiger partial charge in [-0.1, -0.05) is 23.4 Å². The Kier molecular flexibility index (Phi) is 1.80. The monoisotopic (exact) mass is 264 g/mol. The first-order chi connectivity index (χ1) is 7.93. The molecule has 0 aromatic carbocycles. The second-order valence-corrected chi connectivity index (χ2v) is 6.93. The second-order valence-electron chi connectivity index (χ2n) is 5.64. The third-order valence-electron chi connectivity index (χ3n) is 5.06. The van der Waals surface area contributed by atoms with E-state index in [1.807, 2.05) is 0 Å². The summed E-state index contributed by atoms with van der Waals surface area (Å²) in [5.41, 5.74) is 1.22. The van der Waals surface area contributed by atoms with E-state index >= 15 is 0 Å². The number of halogens is 4. The summed E-state index contributed by atoms with van der Waals surface area (Å²) >= 11 is 0.233. The lowest BCUT2D eigenvalue weighted by atomic mass is 9.75. The van der Waals surface area contributed by atoms with Crippen molar-refractivity contribution in [2.75, 3.05) is 0 Å². The highest BCUT2D eigenvalue weighted by Crippen LogP contribution is 2.73. The van der Waals surface area contributed by atoms with E-state index in [4.69, 9.17) is 0 Å². The maximum Gasteiger partial charge on any atom is 0.356 e. The van der Waals surface area contributed by atoms with Crippen LogP contribution in [0.1, 0.15) is 19.3 Å². The smallest absolute Gasteiger partial charge is 0.198 e. The number of fused-ring (bicyclic) bond motifs is 8. The fourth-order valence-corrected chi connectivity index (χ4v) is 6.10. The molecule has 94 valence electrons. The lowest BCUT2D eigenvalue weighted by molar-refractivity contribution is -0.184. The maximum atomic E-state index is 13.8. The van der Waals surface area contributed by atoms with E-state index in [1.165, 1.54) is 5.57 Å². The van der Waals surface area contributed by atoms with Gasteiger partial charge in [0, 0.05) is 11.2 Å². The van der Waals surface area contributed by atoms with Crippen molar-refractivity contribution in [3.8, 4) is 0 Å². The summed E-state index contributed by atoms with van der Waals surface area (Å²) in [7, 11) is 0. The van der Waals surface area contributed by atoms with Crippen LogP contribution in [0.4, 0.5) is 17.6 Å². The normalized spacial score (nSPS) is 52.5. The number of hydrogen-bond acceptors (Lipinski definition) is 1. The Balaban J connectivity index is 1.79. The molecule has 0 nitrogen and oxygen atoms in total. The summed E-state index contributed by atoms with van der Waals surface area (Å²) in [5.74, 6) is -4.92. The number of hydrogen-bond donors (Lipinski definition) is 0. The Morgan fingerprint density at radius 1 is 1.18 bits per heavy atom. The van der Waals surface area contributed by atoms with E-state index in [9.17, 15) is 17.6 Å². The standard InChI is InChI=1S/C12H12F4S/c13-11(14)9-7-4-8(6-3-1-2-5(6)7)10(9)17-12(11,15)16/h3,5,7-10H,1-2,4H2/t5-,7+,8-,9+,10+/m0/s1. The van der Waals surface area contributed by atoms with Crippen LogP contribution in [0.2, 0.25) is 0 Å². The summed E-state index contributed by atoms with van der Waals surface area (Å²) in [6.45, 7) is 0. The zero-order valence-corrected chi connectivity index (χ0v) is 9.82. The molecule has 0 radical (unpaired) electrons. The zero-order chi connectivity index (χ0) is 12.0. The summed E-state index contributed by atoms with van der Waals surface area (Å²) in [4.78, 5) is 0. The molecular formula is C12H12F4S.